The van der Waals surface area contributed by atoms with Gasteiger partial charge in [0.05, 0.1) is 31.1 Å². The van der Waals surface area contributed by atoms with E-state index in [1.54, 1.807) is 43.3 Å². The second kappa shape index (κ2) is 23.2. The maximum atomic E-state index is 13.0. The molecule has 0 spiro atoms. The highest BCUT2D eigenvalue weighted by Crippen LogP contribution is 2.46. The minimum atomic E-state index is -4.71. The van der Waals surface area contributed by atoms with E-state index in [2.05, 4.69) is 23.1 Å². The number of unbranched alkanes of at least 4 members (excludes halogenated alkanes) is 15. The van der Waals surface area contributed by atoms with Gasteiger partial charge in [0.25, 0.3) is 0 Å². The van der Waals surface area contributed by atoms with Crippen molar-refractivity contribution >= 4 is 19.2 Å². The zero-order valence-corrected chi connectivity index (χ0v) is 33.5. The highest BCUT2D eigenvalue weighted by Gasteiger charge is 2.54. The van der Waals surface area contributed by atoms with E-state index < -0.39 is 51.1 Å². The van der Waals surface area contributed by atoms with E-state index in [9.17, 15) is 24.9 Å². The molecule has 0 aliphatic carbocycles. The van der Waals surface area contributed by atoms with Gasteiger partial charge in [-0.3, -0.25) is 9.05 Å². The Balaban J connectivity index is 1.17. The maximum Gasteiger partial charge on any atom is 0.472 e. The minimum Gasteiger partial charge on any atom is -0.484 e. The fraction of sp³-hybridized carbons (Fsp3) is 0.675. The van der Waals surface area contributed by atoms with Crippen LogP contribution in [0.2, 0.25) is 0 Å². The molecular formula is C40H62N5O9P. The summed E-state index contributed by atoms with van der Waals surface area (Å²) in [5.74, 6) is 0.513. The number of rotatable bonds is 28. The number of hydrogen-bond acceptors (Lipinski definition) is 12. The average molecular weight is 788 g/mol. The van der Waals surface area contributed by atoms with Gasteiger partial charge in [-0.2, -0.15) is 10.4 Å². The summed E-state index contributed by atoms with van der Waals surface area (Å²) in [4.78, 5) is 14.5. The molecule has 1 aliphatic heterocycles. The summed E-state index contributed by atoms with van der Waals surface area (Å²) in [6.07, 6.45) is 16.8. The van der Waals surface area contributed by atoms with E-state index in [4.69, 9.17) is 29.0 Å². The van der Waals surface area contributed by atoms with Gasteiger partial charge in [-0.1, -0.05) is 115 Å². The number of phosphoric ester groups is 1. The molecule has 0 saturated carbocycles. The van der Waals surface area contributed by atoms with Gasteiger partial charge in [0.2, 0.25) is 0 Å². The summed E-state index contributed by atoms with van der Waals surface area (Å²) >= 11 is 0. The first-order valence-electron chi connectivity index (χ1n) is 20.1. The lowest BCUT2D eigenvalue weighted by atomic mass is 9.93. The first-order chi connectivity index (χ1) is 26.6. The van der Waals surface area contributed by atoms with Crippen molar-refractivity contribution in [3.63, 3.8) is 0 Å². The highest BCUT2D eigenvalue weighted by atomic mass is 31.2. The summed E-state index contributed by atoms with van der Waals surface area (Å²) in [5.41, 5.74) is 5.66. The van der Waals surface area contributed by atoms with Crippen molar-refractivity contribution in [1.82, 2.24) is 14.6 Å². The summed E-state index contributed by atoms with van der Waals surface area (Å²) < 4.78 is 42.9. The SMILES string of the molecule is CCCCCCCCCCCCCCCCCCOC[C@H](COP(=O)(O)OC[C@H]1O[C@@](C)(c2ccc3c(N)ncnn23)[C@H](O)[C@@H]1O)Oc1ccccc1C#N. The number of nitrogens with zero attached hydrogens (tertiary/aromatic N) is 4. The number of para-hydroxylation sites is 1. The fourth-order valence-corrected chi connectivity index (χ4v) is 7.73. The molecule has 0 bridgehead atoms. The molecule has 1 aromatic carbocycles. The Hall–Kier alpha value is -3.12. The molecule has 1 fully saturated rings. The molecule has 14 nitrogen and oxygen atoms in total. The second-order valence-electron chi connectivity index (χ2n) is 14.6. The Bertz CT molecular complexity index is 1650. The summed E-state index contributed by atoms with van der Waals surface area (Å²) in [7, 11) is -4.71. The van der Waals surface area contributed by atoms with Gasteiger partial charge in [0, 0.05) is 6.61 Å². The van der Waals surface area contributed by atoms with Crippen LogP contribution in [-0.2, 0) is 28.7 Å². The second-order valence-corrected chi connectivity index (χ2v) is 16.1. The third-order valence-electron chi connectivity index (χ3n) is 10.2. The number of anilines is 1. The molecule has 1 aliphatic rings. The topological polar surface area (TPSA) is 204 Å². The van der Waals surface area contributed by atoms with Gasteiger partial charge in [-0.25, -0.2) is 14.1 Å². The molecule has 306 valence electrons. The Morgan fingerprint density at radius 2 is 1.55 bits per heavy atom. The van der Waals surface area contributed by atoms with Crippen LogP contribution in [0.1, 0.15) is 128 Å². The molecule has 0 amide bonds. The van der Waals surface area contributed by atoms with Crippen LogP contribution >= 0.6 is 7.82 Å². The number of hydrogen-bond donors (Lipinski definition) is 4. The molecule has 3 aromatic rings. The number of nitriles is 1. The fourth-order valence-electron chi connectivity index (χ4n) is 6.96. The zero-order valence-electron chi connectivity index (χ0n) is 32.6. The van der Waals surface area contributed by atoms with Gasteiger partial charge < -0.3 is 35.1 Å². The van der Waals surface area contributed by atoms with Gasteiger partial charge in [-0.15, -0.1) is 0 Å². The van der Waals surface area contributed by atoms with Crippen LogP contribution in [0.5, 0.6) is 5.75 Å². The molecule has 1 saturated heterocycles. The Morgan fingerprint density at radius 1 is 0.927 bits per heavy atom. The molecule has 4 rings (SSSR count). The Morgan fingerprint density at radius 3 is 2.18 bits per heavy atom. The van der Waals surface area contributed by atoms with Crippen molar-refractivity contribution in [3.05, 3.63) is 54.0 Å². The molecule has 55 heavy (non-hydrogen) atoms. The number of phosphoric acid groups is 1. The molecule has 3 heterocycles. The third-order valence-corrected chi connectivity index (χ3v) is 11.2. The first kappa shape index (κ1) is 44.6. The molecule has 0 radical (unpaired) electrons. The number of aliphatic hydroxyl groups is 2. The minimum absolute atomic E-state index is 0.0485. The monoisotopic (exact) mass is 787 g/mol. The molecule has 5 N–H and O–H groups in total. The average Bonchev–Trinajstić information content (AvgIpc) is 3.72. The molecular weight excluding hydrogens is 725 g/mol. The first-order valence-corrected chi connectivity index (χ1v) is 21.6. The van der Waals surface area contributed by atoms with Crippen molar-refractivity contribution in [2.75, 3.05) is 32.2 Å². The smallest absolute Gasteiger partial charge is 0.472 e. The van der Waals surface area contributed by atoms with Crippen molar-refractivity contribution in [1.29, 1.82) is 5.26 Å². The lowest BCUT2D eigenvalue weighted by molar-refractivity contribution is -0.0892. The Labute approximate surface area is 325 Å². The lowest BCUT2D eigenvalue weighted by Crippen LogP contribution is -2.39. The number of nitrogen functional groups attached to an aromatic ring is 1. The molecule has 15 heteroatoms. The molecule has 1 unspecified atom stereocenters. The van der Waals surface area contributed by atoms with E-state index in [-0.39, 0.29) is 12.4 Å². The van der Waals surface area contributed by atoms with Gasteiger partial charge >= 0.3 is 7.82 Å². The van der Waals surface area contributed by atoms with Crippen molar-refractivity contribution in [2.45, 2.75) is 147 Å². The predicted octanol–water partition coefficient (Wildman–Crippen LogP) is 7.38. The van der Waals surface area contributed by atoms with Crippen LogP contribution in [-0.4, -0.2) is 80.5 Å². The highest BCUT2D eigenvalue weighted by molar-refractivity contribution is 7.47. The number of fused-ring (bicyclic) bond motifs is 1. The third kappa shape index (κ3) is 13.8. The van der Waals surface area contributed by atoms with Crippen LogP contribution in [0.15, 0.2) is 42.7 Å². The van der Waals surface area contributed by atoms with E-state index in [0.717, 1.165) is 19.3 Å². The van der Waals surface area contributed by atoms with E-state index in [0.29, 0.717) is 29.1 Å². The molecule has 6 atom stereocenters. The van der Waals surface area contributed by atoms with Crippen LogP contribution in [0, 0.1) is 11.3 Å². The number of aromatic nitrogens is 3. The largest absolute Gasteiger partial charge is 0.484 e. The van der Waals surface area contributed by atoms with Crippen molar-refractivity contribution < 1.29 is 42.9 Å². The van der Waals surface area contributed by atoms with Crippen LogP contribution in [0.3, 0.4) is 0 Å². The summed E-state index contributed by atoms with van der Waals surface area (Å²) in [5, 5.41) is 35.6. The quantitative estimate of drug-likeness (QED) is 0.0420. The number of ether oxygens (including phenoxy) is 3. The van der Waals surface area contributed by atoms with Crippen LogP contribution in [0.25, 0.3) is 5.52 Å². The van der Waals surface area contributed by atoms with E-state index in [1.807, 2.05) is 0 Å². The normalized spacial score (nSPS) is 21.4. The van der Waals surface area contributed by atoms with Gasteiger partial charge in [0.1, 0.15) is 53.7 Å². The van der Waals surface area contributed by atoms with Crippen molar-refractivity contribution in [3.8, 4) is 11.8 Å². The maximum absolute atomic E-state index is 13.0. The van der Waals surface area contributed by atoms with Gasteiger partial charge in [-0.05, 0) is 37.6 Å². The molecule has 2 aromatic heterocycles. The van der Waals surface area contributed by atoms with Crippen LogP contribution < -0.4 is 10.5 Å². The predicted molar refractivity (Wildman–Crippen MR) is 209 cm³/mol. The van der Waals surface area contributed by atoms with E-state index >= 15 is 0 Å². The van der Waals surface area contributed by atoms with Crippen LogP contribution in [0.4, 0.5) is 5.82 Å². The Kier molecular flexibility index (Phi) is 18.8. The number of benzene rings is 1. The standard InChI is InChI=1S/C40H62N5O9P/c1-3-4-5-6-7-8-9-10-11-12-13-14-15-16-17-20-25-50-27-32(53-34-22-19-18-21-31(34)26-41)28-51-55(48,49)52-29-35-37(46)38(47)40(2,54-35)36-24-23-33-39(42)43-30-44-45(33)36/h18-19,21-24,30,32,35,37-38,46-47H,3-17,20,25,27-29H2,1-2H3,(H,48,49)(H2,42,43,44)/t32-,35-,37-,38-,40+/m1/s1. The van der Waals surface area contributed by atoms with Gasteiger partial charge in [0.15, 0.2) is 5.82 Å². The van der Waals surface area contributed by atoms with E-state index in [1.165, 1.54) is 94.3 Å². The van der Waals surface area contributed by atoms with Crippen molar-refractivity contribution in [2.24, 2.45) is 0 Å². The summed E-state index contributed by atoms with van der Waals surface area (Å²) in [6, 6.07) is 12.1. The lowest BCUT2D eigenvalue weighted by Gasteiger charge is -2.27. The summed E-state index contributed by atoms with van der Waals surface area (Å²) in [6.45, 7) is 3.40. The number of nitrogens with two attached hydrogens (primary N) is 1. The number of aliphatic hydroxyl groups excluding tert-OH is 2. The zero-order chi connectivity index (χ0) is 39.5.